The molecule has 4 unspecified atom stereocenters. The monoisotopic (exact) mass is 1140 g/mol. The molecule has 6 saturated heterocycles. The van der Waals surface area contributed by atoms with Crippen LogP contribution in [-0.4, -0.2) is 119 Å². The second-order valence-electron chi connectivity index (χ2n) is 36.9. The summed E-state index contributed by atoms with van der Waals surface area (Å²) in [6, 6.07) is 0. The van der Waals surface area contributed by atoms with Crippen molar-refractivity contribution in [3.63, 3.8) is 0 Å². The van der Waals surface area contributed by atoms with Crippen LogP contribution in [0.5, 0.6) is 0 Å². The summed E-state index contributed by atoms with van der Waals surface area (Å²) < 4.78 is 3.38. The van der Waals surface area contributed by atoms with Crippen molar-refractivity contribution >= 4 is 119 Å². The Morgan fingerprint density at radius 3 is 0.438 bits per heavy atom. The Labute approximate surface area is 418 Å². The summed E-state index contributed by atoms with van der Waals surface area (Å²) in [6.07, 6.45) is 6.93. The van der Waals surface area contributed by atoms with E-state index in [1.807, 2.05) is 0 Å². The third-order valence-corrected chi connectivity index (χ3v) is 352. The quantitative estimate of drug-likeness (QED) is 0.213. The highest BCUT2D eigenvalue weighted by molar-refractivity contribution is 8.66. The largest absolute Gasteiger partial charge is 0.0696 e. The molecule has 6 rings (SSSR count). The van der Waals surface area contributed by atoms with Gasteiger partial charge in [-0.25, -0.2) is 0 Å². The van der Waals surface area contributed by atoms with Crippen LogP contribution in [0.25, 0.3) is 0 Å². The summed E-state index contributed by atoms with van der Waals surface area (Å²) >= 11 is 0. The molecule has 372 valence electrons. The van der Waals surface area contributed by atoms with Crippen LogP contribution in [0.15, 0.2) is 0 Å². The number of hydrogen-bond acceptors (Lipinski definition) is 0. The van der Waals surface area contributed by atoms with Gasteiger partial charge in [0.25, 0.3) is 0 Å². The summed E-state index contributed by atoms with van der Waals surface area (Å²) in [7, 11) is -16.5. The third kappa shape index (κ3) is 4.91. The lowest BCUT2D eigenvalue weighted by molar-refractivity contribution is 0.742. The van der Waals surface area contributed by atoms with Crippen LogP contribution in [0.1, 0.15) is 109 Å². The topological polar surface area (TPSA) is 0 Å². The zero-order valence-electron chi connectivity index (χ0n) is 50.8. The zero-order valence-corrected chi connectivity index (χ0v) is 66.8. The highest BCUT2D eigenvalue weighted by Crippen LogP contribution is 3.03. The van der Waals surface area contributed by atoms with Gasteiger partial charge in [-0.05, 0) is 51.1 Å². The fraction of sp³-hybridized carbons (Fsp3) is 1.00. The van der Waals surface area contributed by atoms with Crippen LogP contribution in [0.2, 0.25) is 194 Å². The van der Waals surface area contributed by atoms with E-state index in [-0.39, 0.29) is 13.9 Å². The minimum absolute atomic E-state index is 0.342. The predicted octanol–water partition coefficient (Wildman–Crippen LogP) is 17.4. The van der Waals surface area contributed by atoms with Gasteiger partial charge in [0.15, 0.2) is 0 Å². The van der Waals surface area contributed by atoms with Crippen LogP contribution in [-0.2, 0) is 0 Å². The second kappa shape index (κ2) is 13.5. The average molecular weight is 1140 g/mol. The van der Waals surface area contributed by atoms with E-state index in [1.165, 1.54) is 0 Å². The fourth-order valence-electron chi connectivity index (χ4n) is 26.1. The molecule has 4 atom stereocenters. The molecule has 0 amide bonds. The van der Waals surface area contributed by atoms with Crippen molar-refractivity contribution in [1.82, 2.24) is 0 Å². The SMILES string of the molecule is CC(C)(C)[Si]12[Si](=[Si]3[Si]4(C(C)(C)C)[Si]3(C(C)(C)C)[Si]43C([Si](C)(C)C)([Si](C)(C)C)CCC3([Si](C)(C)C)[Si](C)(C)C)[Si]1(C(C)(C)C)[Si]21C([Si](C)(C)C)([Si](C)(C)C)CCC1([Si](C)(C)C)[Si](C)(C)C. The van der Waals surface area contributed by atoms with Crippen molar-refractivity contribution in [1.29, 1.82) is 0 Å². The summed E-state index contributed by atoms with van der Waals surface area (Å²) in [5.41, 5.74) is 0. The van der Waals surface area contributed by atoms with Crippen molar-refractivity contribution in [2.45, 2.75) is 303 Å². The molecular formula is C48H116Si16. The fourth-order valence-corrected chi connectivity index (χ4v) is 820. The van der Waals surface area contributed by atoms with Gasteiger partial charge in [0.05, 0.1) is 0 Å². The van der Waals surface area contributed by atoms with Gasteiger partial charge in [-0.15, -0.1) is 0 Å². The van der Waals surface area contributed by atoms with Gasteiger partial charge in [0.2, 0.25) is 0 Å². The molecule has 2 spiro atoms. The molecule has 0 aromatic rings. The first-order valence-electron chi connectivity index (χ1n) is 27.2. The predicted molar refractivity (Wildman–Crippen MR) is 341 cm³/mol. The molecule has 0 bridgehead atoms. The summed E-state index contributed by atoms with van der Waals surface area (Å²) in [5, 5.41) is 2.48. The Hall–Kier alpha value is 3.47. The van der Waals surface area contributed by atoms with E-state index in [4.69, 9.17) is 0 Å². The Balaban J connectivity index is 2.04. The molecule has 0 radical (unpaired) electrons. The van der Waals surface area contributed by atoms with E-state index in [9.17, 15) is 0 Å². The minimum Gasteiger partial charge on any atom is -0.0696 e. The summed E-state index contributed by atoms with van der Waals surface area (Å²) in [6.45, 7) is 103. The molecule has 6 heterocycles. The van der Waals surface area contributed by atoms with Gasteiger partial charge in [0.1, 0.15) is 0 Å². The highest BCUT2D eigenvalue weighted by Gasteiger charge is 3.23. The average Bonchev–Trinajstić information content (AvgIpc) is 3.87. The number of rotatable bonds is 8. The first-order chi connectivity index (χ1) is 27.4. The second-order valence-corrected chi connectivity index (χ2v) is 181. The van der Waals surface area contributed by atoms with Crippen molar-refractivity contribution in [3.05, 3.63) is 0 Å². The molecule has 0 aromatic heterocycles. The molecule has 6 fully saturated rings. The van der Waals surface area contributed by atoms with Crippen LogP contribution < -0.4 is 0 Å². The van der Waals surface area contributed by atoms with Crippen molar-refractivity contribution in [3.8, 4) is 0 Å². The van der Waals surface area contributed by atoms with Crippen LogP contribution in [0.4, 0.5) is 0 Å². The van der Waals surface area contributed by atoms with Gasteiger partial charge < -0.3 is 0 Å². The van der Waals surface area contributed by atoms with Crippen molar-refractivity contribution < 1.29 is 0 Å². The van der Waals surface area contributed by atoms with Gasteiger partial charge in [-0.1, -0.05) is 266 Å². The van der Waals surface area contributed by atoms with Crippen LogP contribution in [0.3, 0.4) is 0 Å². The number of fused-ring (bicyclic) bond motifs is 6. The molecule has 0 aliphatic carbocycles. The Kier molecular flexibility index (Phi) is 11.9. The highest BCUT2D eigenvalue weighted by atomic mass is 30.9. The minimum atomic E-state index is -1.83. The molecule has 16 heteroatoms. The van der Waals surface area contributed by atoms with Gasteiger partial charge in [0, 0.05) is 105 Å². The maximum Gasteiger partial charge on any atom is 0.0470 e. The smallest absolute Gasteiger partial charge is 0.0470 e. The molecule has 64 heavy (non-hydrogen) atoms. The van der Waals surface area contributed by atoms with E-state index in [0.29, 0.717) is 20.2 Å². The lowest BCUT2D eigenvalue weighted by atomic mass is 10.2. The molecule has 0 N–H and O–H groups in total. The Bertz CT molecular complexity index is 1690. The van der Waals surface area contributed by atoms with E-state index in [0.717, 1.165) is 17.1 Å². The zero-order chi connectivity index (χ0) is 51.0. The Morgan fingerprint density at radius 2 is 0.359 bits per heavy atom. The summed E-state index contributed by atoms with van der Waals surface area (Å²) in [5.74, 6) is 0. The third-order valence-electron chi connectivity index (χ3n) is 23.9. The standard InChI is InChI=1S/C48H116Si16/c1-41(2,3)61-49(62(61,42(4,5)6)59(61)45(51(13,14)15,52(16,17)18)37-38-46(59,53(19,20)21)54(22,23)24)50-63(43(7,8)9)60(64(50,63)44(10,11)12)47(55(25,26)27,56(28,29)30)39-40-48(60,57(31,32)33)58(34,35)36/h37-40H2,1-36H3. The van der Waals surface area contributed by atoms with E-state index >= 15 is 0 Å². The molecule has 6 aliphatic rings. The van der Waals surface area contributed by atoms with Crippen LogP contribution in [0, 0.1) is 0 Å². The molecule has 0 saturated carbocycles. The van der Waals surface area contributed by atoms with E-state index in [1.54, 1.807) is 25.7 Å². The first-order valence-corrected chi connectivity index (χ1v) is 81.2. The molecule has 0 nitrogen and oxygen atoms in total. The van der Waals surface area contributed by atoms with E-state index in [2.05, 4.69) is 240 Å². The molecule has 6 aliphatic heterocycles. The molecular weight excluding hydrogens is 1030 g/mol. The van der Waals surface area contributed by atoms with Crippen molar-refractivity contribution in [2.24, 2.45) is 0 Å². The normalized spacial score (nSPS) is 34.3. The van der Waals surface area contributed by atoms with Gasteiger partial charge >= 0.3 is 0 Å². The maximum atomic E-state index is 3.10. The molecule has 0 aromatic carbocycles. The van der Waals surface area contributed by atoms with Crippen LogP contribution >= 0.6 is 0 Å². The lowest BCUT2D eigenvalue weighted by Crippen LogP contribution is -2.84. The lowest BCUT2D eigenvalue weighted by Gasteiger charge is -2.70. The van der Waals surface area contributed by atoms with Crippen molar-refractivity contribution in [2.75, 3.05) is 0 Å². The van der Waals surface area contributed by atoms with E-state index < -0.39 is 105 Å². The van der Waals surface area contributed by atoms with Gasteiger partial charge in [-0.3, -0.25) is 0 Å². The maximum absolute atomic E-state index is 3.10. The number of hydrogen-bond donors (Lipinski definition) is 0. The van der Waals surface area contributed by atoms with Gasteiger partial charge in [-0.2, -0.15) is 0 Å². The summed E-state index contributed by atoms with van der Waals surface area (Å²) in [4.78, 5) is 0. The first kappa shape index (κ1) is 56.8. The Morgan fingerprint density at radius 1 is 0.250 bits per heavy atom.